The predicted octanol–water partition coefficient (Wildman–Crippen LogP) is 3.56. The summed E-state index contributed by atoms with van der Waals surface area (Å²) in [5, 5.41) is 4.17. The second-order valence-corrected chi connectivity index (χ2v) is 5.21. The molecule has 0 saturated heterocycles. The van der Waals surface area contributed by atoms with E-state index in [1.165, 1.54) is 0 Å². The SMILES string of the molecule is CSCCNCc1cc(Br)ccc1Cl. The lowest BCUT2D eigenvalue weighted by molar-refractivity contribution is 0.732. The number of halogens is 2. The van der Waals surface area contributed by atoms with Crippen LogP contribution in [0.25, 0.3) is 0 Å². The summed E-state index contributed by atoms with van der Waals surface area (Å²) in [5.41, 5.74) is 1.14. The first-order valence-electron chi connectivity index (χ1n) is 4.37. The third-order valence-corrected chi connectivity index (χ3v) is 3.28. The summed E-state index contributed by atoms with van der Waals surface area (Å²) < 4.78 is 1.07. The minimum absolute atomic E-state index is 0.824. The van der Waals surface area contributed by atoms with Gasteiger partial charge in [0.1, 0.15) is 0 Å². The van der Waals surface area contributed by atoms with Crippen molar-refractivity contribution in [2.45, 2.75) is 6.54 Å². The highest BCUT2D eigenvalue weighted by molar-refractivity contribution is 9.10. The van der Waals surface area contributed by atoms with Crippen LogP contribution in [0, 0.1) is 0 Å². The fraction of sp³-hybridized carbons (Fsp3) is 0.400. The van der Waals surface area contributed by atoms with Gasteiger partial charge < -0.3 is 5.32 Å². The monoisotopic (exact) mass is 293 g/mol. The molecule has 0 radical (unpaired) electrons. The Balaban J connectivity index is 2.45. The topological polar surface area (TPSA) is 12.0 Å². The number of nitrogens with one attached hydrogen (secondary N) is 1. The van der Waals surface area contributed by atoms with Crippen molar-refractivity contribution in [1.29, 1.82) is 0 Å². The van der Waals surface area contributed by atoms with Crippen molar-refractivity contribution < 1.29 is 0 Å². The molecule has 1 aromatic carbocycles. The van der Waals surface area contributed by atoms with Crippen molar-refractivity contribution in [3.8, 4) is 0 Å². The first kappa shape index (κ1) is 12.4. The fourth-order valence-corrected chi connectivity index (χ4v) is 2.02. The van der Waals surface area contributed by atoms with Gasteiger partial charge in [-0.05, 0) is 30.0 Å². The zero-order valence-electron chi connectivity index (χ0n) is 8.02. The minimum Gasteiger partial charge on any atom is -0.312 e. The van der Waals surface area contributed by atoms with E-state index < -0.39 is 0 Å². The molecule has 0 aliphatic heterocycles. The normalized spacial score (nSPS) is 10.5. The Morgan fingerprint density at radius 1 is 1.50 bits per heavy atom. The van der Waals surface area contributed by atoms with Gasteiger partial charge in [-0.1, -0.05) is 27.5 Å². The predicted molar refractivity (Wildman–Crippen MR) is 69.2 cm³/mol. The molecule has 1 rings (SSSR count). The van der Waals surface area contributed by atoms with E-state index in [0.29, 0.717) is 0 Å². The van der Waals surface area contributed by atoms with Crippen LogP contribution in [0.15, 0.2) is 22.7 Å². The molecule has 0 aliphatic carbocycles. The van der Waals surface area contributed by atoms with E-state index in [4.69, 9.17) is 11.6 Å². The summed E-state index contributed by atoms with van der Waals surface area (Å²) in [4.78, 5) is 0. The first-order valence-corrected chi connectivity index (χ1v) is 6.94. The molecule has 4 heteroatoms. The molecule has 14 heavy (non-hydrogen) atoms. The lowest BCUT2D eigenvalue weighted by Gasteiger charge is -2.06. The maximum absolute atomic E-state index is 6.04. The molecular formula is C10H13BrClNS. The summed E-state index contributed by atoms with van der Waals surface area (Å²) in [6, 6.07) is 5.92. The minimum atomic E-state index is 0.824. The van der Waals surface area contributed by atoms with Crippen LogP contribution in [0.4, 0.5) is 0 Å². The van der Waals surface area contributed by atoms with Crippen LogP contribution in [0.2, 0.25) is 5.02 Å². The van der Waals surface area contributed by atoms with Crippen molar-refractivity contribution in [3.05, 3.63) is 33.3 Å². The quantitative estimate of drug-likeness (QED) is 0.834. The van der Waals surface area contributed by atoms with Crippen molar-refractivity contribution >= 4 is 39.3 Å². The highest BCUT2D eigenvalue weighted by atomic mass is 79.9. The van der Waals surface area contributed by atoms with Gasteiger partial charge in [0, 0.05) is 28.3 Å². The Morgan fingerprint density at radius 2 is 2.29 bits per heavy atom. The number of hydrogen-bond donors (Lipinski definition) is 1. The summed E-state index contributed by atoms with van der Waals surface area (Å²) in [6.45, 7) is 1.85. The number of hydrogen-bond acceptors (Lipinski definition) is 2. The Morgan fingerprint density at radius 3 is 3.00 bits per heavy atom. The molecule has 0 bridgehead atoms. The molecule has 0 amide bonds. The molecule has 1 nitrogen and oxygen atoms in total. The van der Waals surface area contributed by atoms with E-state index in [1.54, 1.807) is 0 Å². The average molecular weight is 295 g/mol. The molecule has 0 saturated carbocycles. The van der Waals surface area contributed by atoms with Gasteiger partial charge in [-0.3, -0.25) is 0 Å². The second kappa shape index (κ2) is 6.72. The van der Waals surface area contributed by atoms with Crippen molar-refractivity contribution in [2.24, 2.45) is 0 Å². The van der Waals surface area contributed by atoms with E-state index in [1.807, 2.05) is 23.9 Å². The van der Waals surface area contributed by atoms with Gasteiger partial charge in [0.2, 0.25) is 0 Å². The summed E-state index contributed by atoms with van der Waals surface area (Å²) >= 11 is 11.3. The zero-order chi connectivity index (χ0) is 10.4. The molecule has 0 spiro atoms. The fourth-order valence-electron chi connectivity index (χ4n) is 1.08. The molecule has 1 N–H and O–H groups in total. The summed E-state index contributed by atoms with van der Waals surface area (Å²) in [7, 11) is 0. The molecule has 1 aromatic rings. The van der Waals surface area contributed by atoms with Gasteiger partial charge in [-0.15, -0.1) is 0 Å². The highest BCUT2D eigenvalue weighted by Gasteiger charge is 1.99. The number of benzene rings is 1. The third kappa shape index (κ3) is 4.22. The molecule has 0 aromatic heterocycles. The van der Waals surface area contributed by atoms with Gasteiger partial charge in [-0.2, -0.15) is 11.8 Å². The first-order chi connectivity index (χ1) is 6.74. The maximum atomic E-state index is 6.04. The van der Waals surface area contributed by atoms with Gasteiger partial charge >= 0.3 is 0 Å². The average Bonchev–Trinajstić information content (AvgIpc) is 2.18. The molecule has 78 valence electrons. The van der Waals surface area contributed by atoms with Crippen LogP contribution in [0.1, 0.15) is 5.56 Å². The van der Waals surface area contributed by atoms with E-state index >= 15 is 0 Å². The summed E-state index contributed by atoms with van der Waals surface area (Å²) in [5.74, 6) is 1.13. The van der Waals surface area contributed by atoms with Crippen LogP contribution in [-0.2, 0) is 6.54 Å². The Bertz CT molecular complexity index is 293. The highest BCUT2D eigenvalue weighted by Crippen LogP contribution is 2.20. The van der Waals surface area contributed by atoms with Crippen molar-refractivity contribution in [2.75, 3.05) is 18.6 Å². The van der Waals surface area contributed by atoms with E-state index in [-0.39, 0.29) is 0 Å². The van der Waals surface area contributed by atoms with Crippen LogP contribution in [-0.4, -0.2) is 18.6 Å². The Kier molecular flexibility index (Phi) is 5.94. The standard InChI is InChI=1S/C10H13BrClNS/c1-14-5-4-13-7-8-6-9(11)2-3-10(8)12/h2-3,6,13H,4-5,7H2,1H3. The van der Waals surface area contributed by atoms with Crippen LogP contribution in [0.3, 0.4) is 0 Å². The van der Waals surface area contributed by atoms with Gasteiger partial charge in [0.15, 0.2) is 0 Å². The van der Waals surface area contributed by atoms with E-state index in [0.717, 1.165) is 33.9 Å². The molecule has 0 unspecified atom stereocenters. The van der Waals surface area contributed by atoms with Crippen LogP contribution < -0.4 is 5.32 Å². The number of thioether (sulfide) groups is 1. The zero-order valence-corrected chi connectivity index (χ0v) is 11.2. The Labute approximate surface area is 103 Å². The molecular weight excluding hydrogens is 282 g/mol. The molecule has 0 atom stereocenters. The third-order valence-electron chi connectivity index (χ3n) is 1.81. The molecule has 0 aliphatic rings. The van der Waals surface area contributed by atoms with Crippen molar-refractivity contribution in [1.82, 2.24) is 5.32 Å². The van der Waals surface area contributed by atoms with E-state index in [9.17, 15) is 0 Å². The van der Waals surface area contributed by atoms with Gasteiger partial charge in [0.05, 0.1) is 0 Å². The smallest absolute Gasteiger partial charge is 0.0451 e. The lowest BCUT2D eigenvalue weighted by Crippen LogP contribution is -2.16. The van der Waals surface area contributed by atoms with Gasteiger partial charge in [-0.25, -0.2) is 0 Å². The summed E-state index contributed by atoms with van der Waals surface area (Å²) in [6.07, 6.45) is 2.10. The van der Waals surface area contributed by atoms with E-state index in [2.05, 4.69) is 33.6 Å². The molecule has 0 heterocycles. The van der Waals surface area contributed by atoms with Crippen LogP contribution >= 0.6 is 39.3 Å². The molecule has 0 fully saturated rings. The van der Waals surface area contributed by atoms with Gasteiger partial charge in [0.25, 0.3) is 0 Å². The second-order valence-electron chi connectivity index (χ2n) is 2.91. The van der Waals surface area contributed by atoms with Crippen molar-refractivity contribution in [3.63, 3.8) is 0 Å². The largest absolute Gasteiger partial charge is 0.312 e. The van der Waals surface area contributed by atoms with Crippen LogP contribution in [0.5, 0.6) is 0 Å². The Hall–Kier alpha value is 0.300. The number of rotatable bonds is 5. The lowest BCUT2D eigenvalue weighted by atomic mass is 10.2. The maximum Gasteiger partial charge on any atom is 0.0451 e.